The van der Waals surface area contributed by atoms with E-state index < -0.39 is 0 Å². The summed E-state index contributed by atoms with van der Waals surface area (Å²) in [5, 5.41) is 15.8. The molecule has 1 aliphatic rings. The molecule has 104 valence electrons. The molecule has 0 amide bonds. The van der Waals surface area contributed by atoms with Gasteiger partial charge in [0.1, 0.15) is 5.69 Å². The van der Waals surface area contributed by atoms with Gasteiger partial charge in [-0.3, -0.25) is 4.98 Å². The number of hydrogen-bond donors (Lipinski definition) is 3. The Bertz CT molecular complexity index is 432. The van der Waals surface area contributed by atoms with Crippen molar-refractivity contribution in [3.63, 3.8) is 0 Å². The number of nitrogens with zero attached hydrogens (tertiary/aromatic N) is 2. The van der Waals surface area contributed by atoms with Crippen LogP contribution in [-0.2, 0) is 6.54 Å². The third-order valence-electron chi connectivity index (χ3n) is 3.17. The first-order valence-corrected chi connectivity index (χ1v) is 7.59. The van der Waals surface area contributed by atoms with Gasteiger partial charge in [-0.2, -0.15) is 11.8 Å². The first kappa shape index (κ1) is 14.1. The summed E-state index contributed by atoms with van der Waals surface area (Å²) in [5.74, 6) is 1.33. The zero-order valence-electron chi connectivity index (χ0n) is 10.9. The Morgan fingerprint density at radius 1 is 1.58 bits per heavy atom. The van der Waals surface area contributed by atoms with E-state index in [0.717, 1.165) is 23.9 Å². The first-order valence-electron chi connectivity index (χ1n) is 6.54. The van der Waals surface area contributed by atoms with E-state index in [1.807, 2.05) is 12.1 Å². The lowest BCUT2D eigenvalue weighted by atomic mass is 10.2. The molecule has 0 bridgehead atoms. The summed E-state index contributed by atoms with van der Waals surface area (Å²) in [5.41, 5.74) is 7.13. The van der Waals surface area contributed by atoms with E-state index in [2.05, 4.69) is 27.2 Å². The Hall–Kier alpha value is -1.27. The Kier molecular flexibility index (Phi) is 5.47. The van der Waals surface area contributed by atoms with Crippen molar-refractivity contribution >= 4 is 17.6 Å². The van der Waals surface area contributed by atoms with Crippen molar-refractivity contribution in [3.8, 4) is 0 Å². The van der Waals surface area contributed by atoms with Crippen LogP contribution < -0.4 is 11.1 Å². The van der Waals surface area contributed by atoms with Crippen LogP contribution in [0.25, 0.3) is 0 Å². The molecule has 1 fully saturated rings. The minimum absolute atomic E-state index is 0.0460. The number of nitrogens with one attached hydrogen (secondary N) is 1. The van der Waals surface area contributed by atoms with Gasteiger partial charge in [0.05, 0.1) is 0 Å². The van der Waals surface area contributed by atoms with Gasteiger partial charge in [-0.15, -0.1) is 0 Å². The Labute approximate surface area is 117 Å². The molecule has 1 unspecified atom stereocenters. The van der Waals surface area contributed by atoms with Crippen molar-refractivity contribution in [2.75, 3.05) is 12.3 Å². The summed E-state index contributed by atoms with van der Waals surface area (Å²) in [6, 6.07) is 3.78. The SMILES string of the molecule is N/C(=N/O)c1cc(CNCC2CCCCS2)ccn1. The second kappa shape index (κ2) is 7.35. The molecule has 0 saturated carbocycles. The van der Waals surface area contributed by atoms with Crippen LogP contribution in [0.4, 0.5) is 0 Å². The maximum absolute atomic E-state index is 8.63. The zero-order valence-corrected chi connectivity index (χ0v) is 11.7. The zero-order chi connectivity index (χ0) is 13.5. The highest BCUT2D eigenvalue weighted by molar-refractivity contribution is 7.99. The third-order valence-corrected chi connectivity index (χ3v) is 4.57. The molecule has 2 rings (SSSR count). The molecule has 1 aromatic heterocycles. The Morgan fingerprint density at radius 3 is 3.21 bits per heavy atom. The average Bonchev–Trinajstić information content (AvgIpc) is 2.48. The molecule has 2 heterocycles. The largest absolute Gasteiger partial charge is 0.409 e. The standard InChI is InChI=1S/C13H20N4OS/c14-13(17-18)12-7-10(4-5-16-12)8-15-9-11-3-1-2-6-19-11/h4-5,7,11,15,18H,1-3,6,8-9H2,(H2,14,17). The van der Waals surface area contributed by atoms with Gasteiger partial charge >= 0.3 is 0 Å². The molecule has 5 nitrogen and oxygen atoms in total. The summed E-state index contributed by atoms with van der Waals surface area (Å²) >= 11 is 2.06. The molecule has 6 heteroatoms. The van der Waals surface area contributed by atoms with Crippen LogP contribution in [0.2, 0.25) is 0 Å². The highest BCUT2D eigenvalue weighted by Crippen LogP contribution is 2.24. The number of nitrogens with two attached hydrogens (primary N) is 1. The van der Waals surface area contributed by atoms with Crippen LogP contribution >= 0.6 is 11.8 Å². The second-order valence-electron chi connectivity index (χ2n) is 4.65. The number of thioether (sulfide) groups is 1. The summed E-state index contributed by atoms with van der Waals surface area (Å²) in [7, 11) is 0. The minimum atomic E-state index is 0.0460. The van der Waals surface area contributed by atoms with Gasteiger partial charge in [-0.05, 0) is 36.3 Å². The Balaban J connectivity index is 1.82. The van der Waals surface area contributed by atoms with Crippen LogP contribution in [0.15, 0.2) is 23.5 Å². The van der Waals surface area contributed by atoms with E-state index in [0.29, 0.717) is 5.69 Å². The maximum Gasteiger partial charge on any atom is 0.188 e. The monoisotopic (exact) mass is 280 g/mol. The predicted molar refractivity (Wildman–Crippen MR) is 78.6 cm³/mol. The fourth-order valence-corrected chi connectivity index (χ4v) is 3.39. The molecule has 19 heavy (non-hydrogen) atoms. The molecular formula is C13H20N4OS. The average molecular weight is 280 g/mol. The van der Waals surface area contributed by atoms with E-state index in [1.54, 1.807) is 6.20 Å². The fraction of sp³-hybridized carbons (Fsp3) is 0.538. The first-order chi connectivity index (χ1) is 9.29. The lowest BCUT2D eigenvalue weighted by Crippen LogP contribution is -2.26. The quantitative estimate of drug-likeness (QED) is 0.330. The molecule has 0 spiro atoms. The van der Waals surface area contributed by atoms with E-state index in [1.165, 1.54) is 25.0 Å². The van der Waals surface area contributed by atoms with Gasteiger partial charge in [0.25, 0.3) is 0 Å². The van der Waals surface area contributed by atoms with Gasteiger partial charge in [-0.1, -0.05) is 11.6 Å². The number of pyridine rings is 1. The smallest absolute Gasteiger partial charge is 0.188 e. The van der Waals surface area contributed by atoms with Crippen LogP contribution in [-0.4, -0.2) is 33.6 Å². The fourth-order valence-electron chi connectivity index (χ4n) is 2.12. The summed E-state index contributed by atoms with van der Waals surface area (Å²) in [4.78, 5) is 4.06. The topological polar surface area (TPSA) is 83.5 Å². The lowest BCUT2D eigenvalue weighted by molar-refractivity contribution is 0.318. The summed E-state index contributed by atoms with van der Waals surface area (Å²) in [6.07, 6.45) is 5.69. The van der Waals surface area contributed by atoms with Crippen molar-refractivity contribution in [2.45, 2.75) is 31.1 Å². The molecule has 1 saturated heterocycles. The molecule has 1 aliphatic heterocycles. The highest BCUT2D eigenvalue weighted by Gasteiger charge is 2.13. The predicted octanol–water partition coefficient (Wildman–Crippen LogP) is 1.55. The molecular weight excluding hydrogens is 260 g/mol. The van der Waals surface area contributed by atoms with Crippen molar-refractivity contribution in [1.82, 2.24) is 10.3 Å². The van der Waals surface area contributed by atoms with Crippen molar-refractivity contribution < 1.29 is 5.21 Å². The van der Waals surface area contributed by atoms with Gasteiger partial charge in [0, 0.05) is 24.5 Å². The third kappa shape index (κ3) is 4.40. The van der Waals surface area contributed by atoms with Crippen LogP contribution in [0.3, 0.4) is 0 Å². The van der Waals surface area contributed by atoms with Gasteiger partial charge in [0.2, 0.25) is 0 Å². The number of oxime groups is 1. The molecule has 1 aromatic rings. The molecule has 0 aromatic carbocycles. The Morgan fingerprint density at radius 2 is 2.47 bits per heavy atom. The number of amidine groups is 1. The van der Waals surface area contributed by atoms with Crippen LogP contribution in [0, 0.1) is 0 Å². The number of aromatic nitrogens is 1. The van der Waals surface area contributed by atoms with E-state index in [9.17, 15) is 0 Å². The number of hydrogen-bond acceptors (Lipinski definition) is 5. The normalized spacial score (nSPS) is 20.4. The van der Waals surface area contributed by atoms with E-state index in [-0.39, 0.29) is 5.84 Å². The van der Waals surface area contributed by atoms with Gasteiger partial charge in [0.15, 0.2) is 5.84 Å². The summed E-state index contributed by atoms with van der Waals surface area (Å²) < 4.78 is 0. The lowest BCUT2D eigenvalue weighted by Gasteiger charge is -2.21. The molecule has 0 radical (unpaired) electrons. The summed E-state index contributed by atoms with van der Waals surface area (Å²) in [6.45, 7) is 1.82. The van der Waals surface area contributed by atoms with Crippen molar-refractivity contribution in [3.05, 3.63) is 29.6 Å². The second-order valence-corrected chi connectivity index (χ2v) is 6.06. The molecule has 0 aliphatic carbocycles. The van der Waals surface area contributed by atoms with Crippen molar-refractivity contribution in [2.24, 2.45) is 10.9 Å². The van der Waals surface area contributed by atoms with Crippen molar-refractivity contribution in [1.29, 1.82) is 0 Å². The van der Waals surface area contributed by atoms with E-state index in [4.69, 9.17) is 10.9 Å². The maximum atomic E-state index is 8.63. The molecule has 4 N–H and O–H groups in total. The van der Waals surface area contributed by atoms with Crippen LogP contribution in [0.5, 0.6) is 0 Å². The van der Waals surface area contributed by atoms with Gasteiger partial charge < -0.3 is 16.3 Å². The minimum Gasteiger partial charge on any atom is -0.409 e. The van der Waals surface area contributed by atoms with Gasteiger partial charge in [-0.25, -0.2) is 0 Å². The molecule has 1 atom stereocenters. The van der Waals surface area contributed by atoms with E-state index >= 15 is 0 Å². The highest BCUT2D eigenvalue weighted by atomic mass is 32.2. The number of rotatable bonds is 5. The van der Waals surface area contributed by atoms with Crippen LogP contribution in [0.1, 0.15) is 30.5 Å².